The maximum atomic E-state index is 12.8. The molecule has 1 aromatic heterocycles. The summed E-state index contributed by atoms with van der Waals surface area (Å²) in [6, 6.07) is 6.00. The van der Waals surface area contributed by atoms with Crippen LogP contribution in [0.3, 0.4) is 0 Å². The number of aliphatic carboxylic acids is 1. The number of nitrogens with zero attached hydrogens (tertiary/aromatic N) is 1. The van der Waals surface area contributed by atoms with Crippen molar-refractivity contribution >= 4 is 28.4 Å². The molecule has 6 nitrogen and oxygen atoms in total. The fourth-order valence-electron chi connectivity index (χ4n) is 4.45. The van der Waals surface area contributed by atoms with Crippen LogP contribution in [0.15, 0.2) is 30.5 Å². The lowest BCUT2D eigenvalue weighted by atomic mass is 9.81. The van der Waals surface area contributed by atoms with Gasteiger partial charge in [-0.25, -0.2) is 0 Å². The van der Waals surface area contributed by atoms with Gasteiger partial charge in [-0.2, -0.15) is 0 Å². The summed E-state index contributed by atoms with van der Waals surface area (Å²) in [6.07, 6.45) is 7.58. The Morgan fingerprint density at radius 3 is 2.57 bits per heavy atom. The zero-order valence-corrected chi connectivity index (χ0v) is 16.1. The number of nitrogens with one attached hydrogen (secondary N) is 1. The highest BCUT2D eigenvalue weighted by Crippen LogP contribution is 2.34. The molecule has 6 heteroatoms. The van der Waals surface area contributed by atoms with Crippen LogP contribution < -0.4 is 4.74 Å². The molecule has 1 aliphatic heterocycles. The van der Waals surface area contributed by atoms with Crippen LogP contribution in [-0.4, -0.2) is 47.1 Å². The maximum Gasteiger partial charge on any atom is 0.306 e. The van der Waals surface area contributed by atoms with Crippen molar-refractivity contribution in [3.05, 3.63) is 36.0 Å². The molecule has 2 aromatic rings. The number of ether oxygens (including phenoxy) is 1. The highest BCUT2D eigenvalue weighted by Gasteiger charge is 2.32. The van der Waals surface area contributed by atoms with E-state index in [0.717, 1.165) is 23.1 Å². The number of H-pyrrole nitrogens is 1. The van der Waals surface area contributed by atoms with Gasteiger partial charge in [-0.1, -0.05) is 6.08 Å². The molecule has 148 valence electrons. The van der Waals surface area contributed by atoms with Gasteiger partial charge in [-0.05, 0) is 55.9 Å². The van der Waals surface area contributed by atoms with E-state index in [1.54, 1.807) is 7.11 Å². The summed E-state index contributed by atoms with van der Waals surface area (Å²) in [6.45, 7) is 1.32. The smallest absolute Gasteiger partial charge is 0.306 e. The normalized spacial score (nSPS) is 22.8. The summed E-state index contributed by atoms with van der Waals surface area (Å²) in [7, 11) is 1.67. The van der Waals surface area contributed by atoms with E-state index in [1.807, 2.05) is 29.3 Å². The van der Waals surface area contributed by atoms with E-state index in [-0.39, 0.29) is 17.7 Å². The van der Waals surface area contributed by atoms with Crippen LogP contribution in [0.2, 0.25) is 0 Å². The highest BCUT2D eigenvalue weighted by molar-refractivity contribution is 5.94. The lowest BCUT2D eigenvalue weighted by Gasteiger charge is -2.32. The Morgan fingerprint density at radius 2 is 1.93 bits per heavy atom. The second kappa shape index (κ2) is 7.70. The van der Waals surface area contributed by atoms with Gasteiger partial charge in [0.2, 0.25) is 5.91 Å². The van der Waals surface area contributed by atoms with Crippen LogP contribution in [0.25, 0.3) is 16.5 Å². The number of methoxy groups -OCH3 is 1. The largest absolute Gasteiger partial charge is 0.497 e. The van der Waals surface area contributed by atoms with Crippen LogP contribution in [0.5, 0.6) is 5.75 Å². The number of carbonyl (C=O) groups excluding carboxylic acids is 1. The molecule has 0 unspecified atom stereocenters. The number of hydrogen-bond donors (Lipinski definition) is 2. The summed E-state index contributed by atoms with van der Waals surface area (Å²) < 4.78 is 5.35. The Morgan fingerprint density at radius 1 is 1.18 bits per heavy atom. The van der Waals surface area contributed by atoms with Crippen molar-refractivity contribution in [1.29, 1.82) is 0 Å². The van der Waals surface area contributed by atoms with Crippen LogP contribution in [0, 0.1) is 11.8 Å². The summed E-state index contributed by atoms with van der Waals surface area (Å²) >= 11 is 0. The molecule has 0 atom stereocenters. The Kier molecular flexibility index (Phi) is 5.11. The lowest BCUT2D eigenvalue weighted by Crippen LogP contribution is -2.40. The van der Waals surface area contributed by atoms with Crippen LogP contribution in [0.4, 0.5) is 0 Å². The van der Waals surface area contributed by atoms with Crippen molar-refractivity contribution in [3.63, 3.8) is 0 Å². The minimum Gasteiger partial charge on any atom is -0.497 e. The van der Waals surface area contributed by atoms with E-state index in [1.165, 1.54) is 11.1 Å². The zero-order valence-electron chi connectivity index (χ0n) is 16.1. The number of rotatable bonds is 4. The van der Waals surface area contributed by atoms with Gasteiger partial charge >= 0.3 is 5.97 Å². The number of fused-ring (bicyclic) bond motifs is 1. The van der Waals surface area contributed by atoms with Crippen molar-refractivity contribution < 1.29 is 19.4 Å². The van der Waals surface area contributed by atoms with Gasteiger partial charge in [0, 0.05) is 41.7 Å². The predicted molar refractivity (Wildman–Crippen MR) is 107 cm³/mol. The number of carbonyl (C=O) groups is 2. The van der Waals surface area contributed by atoms with Crippen molar-refractivity contribution in [3.8, 4) is 5.75 Å². The quantitative estimate of drug-likeness (QED) is 0.845. The molecule has 1 amide bonds. The van der Waals surface area contributed by atoms with E-state index in [2.05, 4.69) is 11.1 Å². The molecule has 0 bridgehead atoms. The topological polar surface area (TPSA) is 82.6 Å². The van der Waals surface area contributed by atoms with Crippen molar-refractivity contribution in [1.82, 2.24) is 9.88 Å². The van der Waals surface area contributed by atoms with Gasteiger partial charge in [0.25, 0.3) is 0 Å². The third-order valence-electron chi connectivity index (χ3n) is 6.18. The second-order valence-corrected chi connectivity index (χ2v) is 7.76. The molecule has 2 N–H and O–H groups in total. The van der Waals surface area contributed by atoms with E-state index in [0.29, 0.717) is 38.8 Å². The summed E-state index contributed by atoms with van der Waals surface area (Å²) in [5, 5.41) is 10.3. The SMILES string of the molecule is COc1ccc2[nH]cc(C3=CCN(C(=O)C4CCC(C(=O)O)CC4)CC3)c2c1. The highest BCUT2D eigenvalue weighted by atomic mass is 16.5. The number of hydrogen-bond acceptors (Lipinski definition) is 3. The Bertz CT molecular complexity index is 922. The molecule has 0 saturated heterocycles. The Balaban J connectivity index is 1.44. The number of amides is 1. The average molecular weight is 382 g/mol. The summed E-state index contributed by atoms with van der Waals surface area (Å²) in [4.78, 5) is 29.2. The molecule has 28 heavy (non-hydrogen) atoms. The third kappa shape index (κ3) is 3.51. The molecular formula is C22H26N2O4. The number of benzene rings is 1. The molecule has 2 aliphatic rings. The van der Waals surface area contributed by atoms with E-state index < -0.39 is 5.97 Å². The van der Waals surface area contributed by atoms with Gasteiger partial charge in [0.15, 0.2) is 0 Å². The molecule has 4 rings (SSSR count). The molecule has 1 aromatic carbocycles. The average Bonchev–Trinajstić information content (AvgIpc) is 3.16. The van der Waals surface area contributed by atoms with E-state index in [4.69, 9.17) is 9.84 Å². The summed E-state index contributed by atoms with van der Waals surface area (Å²) in [5.74, 6) is -0.0243. The molecule has 1 aliphatic carbocycles. The Hall–Kier alpha value is -2.76. The van der Waals surface area contributed by atoms with Crippen molar-refractivity contribution in [2.45, 2.75) is 32.1 Å². The predicted octanol–water partition coefficient (Wildman–Crippen LogP) is 3.68. The number of aromatic nitrogens is 1. The zero-order chi connectivity index (χ0) is 19.7. The minimum atomic E-state index is -0.730. The number of carboxylic acid groups (broad SMARTS) is 1. The molecule has 1 fully saturated rings. The molecule has 0 spiro atoms. The van der Waals surface area contributed by atoms with E-state index in [9.17, 15) is 9.59 Å². The number of aromatic amines is 1. The molecule has 1 saturated carbocycles. The third-order valence-corrected chi connectivity index (χ3v) is 6.18. The first-order valence-electron chi connectivity index (χ1n) is 9.93. The molecule has 2 heterocycles. The lowest BCUT2D eigenvalue weighted by molar-refractivity contribution is -0.145. The van der Waals surface area contributed by atoms with Gasteiger partial charge in [-0.15, -0.1) is 0 Å². The van der Waals surface area contributed by atoms with Crippen molar-refractivity contribution in [2.24, 2.45) is 11.8 Å². The van der Waals surface area contributed by atoms with Gasteiger partial charge in [0.05, 0.1) is 13.0 Å². The van der Waals surface area contributed by atoms with Crippen LogP contribution in [-0.2, 0) is 9.59 Å². The van der Waals surface area contributed by atoms with Crippen molar-refractivity contribution in [2.75, 3.05) is 20.2 Å². The fraction of sp³-hybridized carbons (Fsp3) is 0.455. The first-order valence-corrected chi connectivity index (χ1v) is 9.93. The molecular weight excluding hydrogens is 356 g/mol. The van der Waals surface area contributed by atoms with Crippen LogP contribution >= 0.6 is 0 Å². The van der Waals surface area contributed by atoms with E-state index >= 15 is 0 Å². The minimum absolute atomic E-state index is 0.0251. The first kappa shape index (κ1) is 18.6. The summed E-state index contributed by atoms with van der Waals surface area (Å²) in [5.41, 5.74) is 3.49. The first-order chi connectivity index (χ1) is 13.6. The van der Waals surface area contributed by atoms with Gasteiger partial charge < -0.3 is 19.7 Å². The monoisotopic (exact) mass is 382 g/mol. The maximum absolute atomic E-state index is 12.8. The standard InChI is InChI=1S/C22H26N2O4/c1-28-17-6-7-20-18(12-17)19(13-23-20)14-8-10-24(11-9-14)21(25)15-2-4-16(5-3-15)22(26)27/h6-8,12-13,15-16,23H,2-5,9-11H2,1H3,(H,26,27). The fourth-order valence-corrected chi connectivity index (χ4v) is 4.45. The second-order valence-electron chi connectivity index (χ2n) is 7.76. The Labute approximate surface area is 164 Å². The van der Waals surface area contributed by atoms with Gasteiger partial charge in [-0.3, -0.25) is 9.59 Å². The molecule has 0 radical (unpaired) electrons. The van der Waals surface area contributed by atoms with Crippen LogP contribution in [0.1, 0.15) is 37.7 Å². The number of carboxylic acids is 1. The van der Waals surface area contributed by atoms with Gasteiger partial charge in [0.1, 0.15) is 5.75 Å².